The number of benzene rings is 1. The fourth-order valence-corrected chi connectivity index (χ4v) is 2.16. The van der Waals surface area contributed by atoms with Gasteiger partial charge in [0, 0.05) is 25.4 Å². The first-order chi connectivity index (χ1) is 13.0. The third kappa shape index (κ3) is 7.20. The van der Waals surface area contributed by atoms with Crippen molar-refractivity contribution in [2.24, 2.45) is 0 Å². The molecule has 2 rings (SSSR count). The zero-order valence-corrected chi connectivity index (χ0v) is 15.1. The highest BCUT2D eigenvalue weighted by Crippen LogP contribution is 2.20. The van der Waals surface area contributed by atoms with Crippen molar-refractivity contribution in [1.82, 2.24) is 15.6 Å². The fraction of sp³-hybridized carbons (Fsp3) is 0.278. The quantitative estimate of drug-likeness (QED) is 0.598. The minimum absolute atomic E-state index is 0.0316. The largest absolute Gasteiger partial charge is 0.484 e. The number of aliphatic hydroxyl groups excluding tert-OH is 1. The number of hydrogen-bond donors (Lipinski definition) is 3. The van der Waals surface area contributed by atoms with Gasteiger partial charge in [0.2, 0.25) is 0 Å². The zero-order valence-electron chi connectivity index (χ0n) is 14.3. The number of aliphatic hydroxyl groups is 1. The van der Waals surface area contributed by atoms with Crippen LogP contribution in [0.25, 0.3) is 0 Å². The minimum Gasteiger partial charge on any atom is -0.484 e. The van der Waals surface area contributed by atoms with Crippen LogP contribution in [0, 0.1) is 5.82 Å². The molecule has 0 bridgehead atoms. The second-order valence-corrected chi connectivity index (χ2v) is 5.99. The number of halogens is 2. The van der Waals surface area contributed by atoms with Gasteiger partial charge in [-0.3, -0.25) is 14.6 Å². The van der Waals surface area contributed by atoms with Crippen LogP contribution in [0.15, 0.2) is 42.6 Å². The summed E-state index contributed by atoms with van der Waals surface area (Å²) in [6.07, 6.45) is 0.912. The Morgan fingerprint density at radius 1 is 1.26 bits per heavy atom. The van der Waals surface area contributed by atoms with Crippen LogP contribution >= 0.6 is 11.6 Å². The molecule has 1 aromatic heterocycles. The summed E-state index contributed by atoms with van der Waals surface area (Å²) >= 11 is 5.56. The molecule has 0 aliphatic carbocycles. The lowest BCUT2D eigenvalue weighted by Gasteiger charge is -2.12. The third-order valence-corrected chi connectivity index (χ3v) is 3.76. The molecule has 144 valence electrons. The van der Waals surface area contributed by atoms with Crippen molar-refractivity contribution >= 4 is 23.4 Å². The van der Waals surface area contributed by atoms with Crippen molar-refractivity contribution in [2.75, 3.05) is 19.7 Å². The smallest absolute Gasteiger partial charge is 0.269 e. The molecule has 27 heavy (non-hydrogen) atoms. The standard InChI is InChI=1S/C18H19ClFN3O4/c19-14-5-4-13(9-15(14)20)27-11-17(25)22-8-6-12(24)10-23-18(26)16-3-1-2-7-21-16/h1-5,7,9,12,24H,6,8,10-11H2,(H,22,25)(H,23,26). The lowest BCUT2D eigenvalue weighted by atomic mass is 10.2. The second kappa shape index (κ2) is 10.4. The fourth-order valence-electron chi connectivity index (χ4n) is 2.04. The van der Waals surface area contributed by atoms with E-state index in [2.05, 4.69) is 15.6 Å². The van der Waals surface area contributed by atoms with Crippen LogP contribution in [0.4, 0.5) is 4.39 Å². The van der Waals surface area contributed by atoms with Crippen molar-refractivity contribution < 1.29 is 23.8 Å². The highest BCUT2D eigenvalue weighted by molar-refractivity contribution is 6.30. The van der Waals surface area contributed by atoms with E-state index in [1.54, 1.807) is 18.2 Å². The molecule has 0 saturated heterocycles. The van der Waals surface area contributed by atoms with Crippen LogP contribution < -0.4 is 15.4 Å². The van der Waals surface area contributed by atoms with Gasteiger partial charge < -0.3 is 20.5 Å². The van der Waals surface area contributed by atoms with Crippen molar-refractivity contribution in [3.63, 3.8) is 0 Å². The molecule has 0 radical (unpaired) electrons. The maximum Gasteiger partial charge on any atom is 0.269 e. The molecule has 2 aromatic rings. The van der Waals surface area contributed by atoms with Gasteiger partial charge in [-0.2, -0.15) is 0 Å². The van der Waals surface area contributed by atoms with Gasteiger partial charge in [0.25, 0.3) is 11.8 Å². The van der Waals surface area contributed by atoms with Gasteiger partial charge >= 0.3 is 0 Å². The maximum absolute atomic E-state index is 13.3. The highest BCUT2D eigenvalue weighted by atomic mass is 35.5. The van der Waals surface area contributed by atoms with Gasteiger partial charge in [0.05, 0.1) is 11.1 Å². The minimum atomic E-state index is -0.829. The lowest BCUT2D eigenvalue weighted by molar-refractivity contribution is -0.123. The average Bonchev–Trinajstić information content (AvgIpc) is 2.67. The van der Waals surface area contributed by atoms with E-state index in [1.807, 2.05) is 0 Å². The number of aromatic nitrogens is 1. The Bertz CT molecular complexity index is 776. The van der Waals surface area contributed by atoms with Crippen molar-refractivity contribution in [2.45, 2.75) is 12.5 Å². The SMILES string of the molecule is O=C(COc1ccc(Cl)c(F)c1)NCCC(O)CNC(=O)c1ccccn1. The molecule has 0 aliphatic heterocycles. The first kappa shape index (κ1) is 20.6. The van der Waals surface area contributed by atoms with E-state index in [0.29, 0.717) is 0 Å². The predicted octanol–water partition coefficient (Wildman–Crippen LogP) is 1.55. The Balaban J connectivity index is 1.61. The van der Waals surface area contributed by atoms with Crippen LogP contribution in [0.5, 0.6) is 5.75 Å². The monoisotopic (exact) mass is 395 g/mol. The number of pyridine rings is 1. The van der Waals surface area contributed by atoms with Crippen LogP contribution in [-0.4, -0.2) is 47.7 Å². The first-order valence-corrected chi connectivity index (χ1v) is 8.55. The molecule has 0 aliphatic rings. The molecule has 0 spiro atoms. The summed E-state index contributed by atoms with van der Waals surface area (Å²) in [4.78, 5) is 27.4. The van der Waals surface area contributed by atoms with E-state index in [1.165, 1.54) is 18.3 Å². The van der Waals surface area contributed by atoms with E-state index in [-0.39, 0.29) is 48.5 Å². The molecule has 9 heteroatoms. The van der Waals surface area contributed by atoms with E-state index in [0.717, 1.165) is 6.07 Å². The number of amides is 2. The average molecular weight is 396 g/mol. The summed E-state index contributed by atoms with van der Waals surface area (Å²) in [5.41, 5.74) is 0.258. The number of hydrogen-bond acceptors (Lipinski definition) is 5. The number of rotatable bonds is 9. The van der Waals surface area contributed by atoms with Crippen molar-refractivity contribution in [3.8, 4) is 5.75 Å². The van der Waals surface area contributed by atoms with Crippen molar-refractivity contribution in [3.05, 3.63) is 59.1 Å². The number of carbonyl (C=O) groups excluding carboxylic acids is 2. The summed E-state index contributed by atoms with van der Waals surface area (Å²) in [5.74, 6) is -1.26. The lowest BCUT2D eigenvalue weighted by Crippen LogP contribution is -2.36. The van der Waals surface area contributed by atoms with Gasteiger partial charge in [-0.25, -0.2) is 4.39 Å². The Labute approximate surface area is 160 Å². The molecule has 7 nitrogen and oxygen atoms in total. The van der Waals surface area contributed by atoms with E-state index >= 15 is 0 Å². The topological polar surface area (TPSA) is 101 Å². The molecule has 1 unspecified atom stereocenters. The van der Waals surface area contributed by atoms with Gasteiger partial charge in [0.1, 0.15) is 17.3 Å². The predicted molar refractivity (Wildman–Crippen MR) is 97.1 cm³/mol. The summed E-state index contributed by atoms with van der Waals surface area (Å²) in [6.45, 7) is -0.0722. The van der Waals surface area contributed by atoms with Crippen molar-refractivity contribution in [1.29, 1.82) is 0 Å². The Hall–Kier alpha value is -2.71. The van der Waals surface area contributed by atoms with Crippen LogP contribution in [-0.2, 0) is 4.79 Å². The number of ether oxygens (including phenoxy) is 1. The Morgan fingerprint density at radius 2 is 2.07 bits per heavy atom. The Morgan fingerprint density at radius 3 is 2.78 bits per heavy atom. The second-order valence-electron chi connectivity index (χ2n) is 5.58. The van der Waals surface area contributed by atoms with Gasteiger partial charge in [-0.15, -0.1) is 0 Å². The molecule has 0 saturated carbocycles. The van der Waals surface area contributed by atoms with E-state index < -0.39 is 17.8 Å². The molecule has 2 amide bonds. The molecule has 1 heterocycles. The summed E-state index contributed by atoms with van der Waals surface area (Å²) in [6, 6.07) is 8.82. The van der Waals surface area contributed by atoms with Gasteiger partial charge in [-0.1, -0.05) is 17.7 Å². The van der Waals surface area contributed by atoms with Gasteiger partial charge in [-0.05, 0) is 30.7 Å². The molecule has 1 atom stereocenters. The van der Waals surface area contributed by atoms with Crippen LogP contribution in [0.1, 0.15) is 16.9 Å². The third-order valence-electron chi connectivity index (χ3n) is 3.46. The molecule has 1 aromatic carbocycles. The molecular formula is C18H19ClFN3O4. The van der Waals surface area contributed by atoms with Crippen LogP contribution in [0.3, 0.4) is 0 Å². The summed E-state index contributed by atoms with van der Waals surface area (Å²) < 4.78 is 18.4. The first-order valence-electron chi connectivity index (χ1n) is 8.17. The number of nitrogens with zero attached hydrogens (tertiary/aromatic N) is 1. The molecule has 3 N–H and O–H groups in total. The van der Waals surface area contributed by atoms with Gasteiger partial charge in [0.15, 0.2) is 6.61 Å². The Kier molecular flexibility index (Phi) is 7.97. The molecule has 0 fully saturated rings. The summed E-state index contributed by atoms with van der Waals surface area (Å²) in [7, 11) is 0. The zero-order chi connectivity index (χ0) is 19.6. The maximum atomic E-state index is 13.3. The molecular weight excluding hydrogens is 377 g/mol. The normalized spacial score (nSPS) is 11.5. The van der Waals surface area contributed by atoms with Crippen LogP contribution in [0.2, 0.25) is 5.02 Å². The number of carbonyl (C=O) groups is 2. The van der Waals surface area contributed by atoms with E-state index in [9.17, 15) is 19.1 Å². The van der Waals surface area contributed by atoms with E-state index in [4.69, 9.17) is 16.3 Å². The highest BCUT2D eigenvalue weighted by Gasteiger charge is 2.11. The number of nitrogens with one attached hydrogen (secondary N) is 2. The summed E-state index contributed by atoms with van der Waals surface area (Å²) in [5, 5.41) is 14.9.